The smallest absolute Gasteiger partial charge is 0.194 e. The van der Waals surface area contributed by atoms with Crippen molar-refractivity contribution in [2.45, 2.75) is 45.7 Å². The van der Waals surface area contributed by atoms with Crippen LogP contribution in [0.2, 0.25) is 0 Å². The predicted octanol–water partition coefficient (Wildman–Crippen LogP) is 3.80. The molecule has 1 aliphatic carbocycles. The van der Waals surface area contributed by atoms with Gasteiger partial charge >= 0.3 is 0 Å². The van der Waals surface area contributed by atoms with Crippen molar-refractivity contribution in [2.75, 3.05) is 14.1 Å². The van der Waals surface area contributed by atoms with E-state index in [0.29, 0.717) is 6.54 Å². The van der Waals surface area contributed by atoms with Gasteiger partial charge in [-0.1, -0.05) is 6.07 Å². The Bertz CT molecular complexity index is 953. The van der Waals surface area contributed by atoms with Crippen LogP contribution in [-0.2, 0) is 25.9 Å². The standard InChI is InChI=1S/C20H26N6S.HI/c1-14-7-6-10-18-23-15(12-26(14)18)11-22-20(21-2)25(3)13-19-24-16-8-4-5-9-17(16)27-19;/h6-7,10,12H,4-5,8-9,11,13H2,1-3H3,(H,21,22);1H. The van der Waals surface area contributed by atoms with Gasteiger partial charge in [0.05, 0.1) is 24.5 Å². The molecule has 8 heteroatoms. The molecule has 3 aromatic rings. The Kier molecular flexibility index (Phi) is 6.92. The maximum Gasteiger partial charge on any atom is 0.194 e. The molecule has 28 heavy (non-hydrogen) atoms. The third kappa shape index (κ3) is 4.48. The number of imidazole rings is 1. The molecule has 0 fully saturated rings. The van der Waals surface area contributed by atoms with Gasteiger partial charge in [0.1, 0.15) is 10.7 Å². The number of pyridine rings is 1. The van der Waals surface area contributed by atoms with Crippen molar-refractivity contribution in [3.63, 3.8) is 0 Å². The van der Waals surface area contributed by atoms with E-state index in [1.807, 2.05) is 30.5 Å². The lowest BCUT2D eigenvalue weighted by molar-refractivity contribution is 0.474. The first-order valence-corrected chi connectivity index (χ1v) is 10.3. The van der Waals surface area contributed by atoms with E-state index >= 15 is 0 Å². The number of aliphatic imine (C=N–C) groups is 1. The van der Waals surface area contributed by atoms with Crippen molar-refractivity contribution in [2.24, 2.45) is 4.99 Å². The van der Waals surface area contributed by atoms with Gasteiger partial charge in [-0.25, -0.2) is 9.97 Å². The average Bonchev–Trinajstić information content (AvgIpc) is 3.26. The summed E-state index contributed by atoms with van der Waals surface area (Å²) in [6.07, 6.45) is 6.98. The second-order valence-corrected chi connectivity index (χ2v) is 8.24. The molecule has 0 aliphatic heterocycles. The van der Waals surface area contributed by atoms with Gasteiger partial charge in [-0.15, -0.1) is 35.3 Å². The normalized spacial score (nSPS) is 13.9. The van der Waals surface area contributed by atoms with Crippen molar-refractivity contribution < 1.29 is 0 Å². The molecule has 0 saturated carbocycles. The van der Waals surface area contributed by atoms with E-state index in [9.17, 15) is 0 Å². The first kappa shape index (κ1) is 21.0. The van der Waals surface area contributed by atoms with Gasteiger partial charge in [0.25, 0.3) is 0 Å². The highest BCUT2D eigenvalue weighted by Crippen LogP contribution is 2.27. The van der Waals surface area contributed by atoms with Crippen molar-refractivity contribution in [1.29, 1.82) is 0 Å². The van der Waals surface area contributed by atoms with Gasteiger partial charge in [0.2, 0.25) is 0 Å². The number of nitrogens with one attached hydrogen (secondary N) is 1. The molecule has 0 saturated heterocycles. The number of guanidine groups is 1. The fourth-order valence-corrected chi connectivity index (χ4v) is 4.80. The van der Waals surface area contributed by atoms with E-state index < -0.39 is 0 Å². The number of aryl methyl sites for hydroxylation is 3. The van der Waals surface area contributed by atoms with Crippen molar-refractivity contribution in [1.82, 2.24) is 24.6 Å². The van der Waals surface area contributed by atoms with Gasteiger partial charge in [0.15, 0.2) is 5.96 Å². The first-order chi connectivity index (χ1) is 13.1. The Hall–Kier alpha value is -1.68. The maximum absolute atomic E-state index is 4.84. The lowest BCUT2D eigenvalue weighted by atomic mass is 10.0. The highest BCUT2D eigenvalue weighted by molar-refractivity contribution is 14.0. The van der Waals surface area contributed by atoms with E-state index in [2.05, 4.69) is 50.8 Å². The maximum atomic E-state index is 4.84. The first-order valence-electron chi connectivity index (χ1n) is 9.47. The number of rotatable bonds is 4. The van der Waals surface area contributed by atoms with Gasteiger partial charge < -0.3 is 14.6 Å². The largest absolute Gasteiger partial charge is 0.351 e. The number of fused-ring (bicyclic) bond motifs is 2. The summed E-state index contributed by atoms with van der Waals surface area (Å²) in [5, 5.41) is 4.60. The topological polar surface area (TPSA) is 57.8 Å². The molecule has 4 rings (SSSR count). The van der Waals surface area contributed by atoms with Crippen LogP contribution in [0, 0.1) is 6.92 Å². The Morgan fingerprint density at radius 1 is 1.29 bits per heavy atom. The SMILES string of the molecule is CN=C(NCc1cn2c(C)cccc2n1)N(C)Cc1nc2c(s1)CCCC2.I. The lowest BCUT2D eigenvalue weighted by Gasteiger charge is -2.20. The van der Waals surface area contributed by atoms with Gasteiger partial charge in [-0.3, -0.25) is 4.99 Å². The minimum absolute atomic E-state index is 0. The zero-order chi connectivity index (χ0) is 18.8. The van der Waals surface area contributed by atoms with Gasteiger partial charge in [-0.2, -0.15) is 0 Å². The Morgan fingerprint density at radius 3 is 2.86 bits per heavy atom. The summed E-state index contributed by atoms with van der Waals surface area (Å²) in [5.41, 5.74) is 4.48. The van der Waals surface area contributed by atoms with E-state index in [1.165, 1.54) is 40.5 Å². The molecule has 6 nitrogen and oxygen atoms in total. The van der Waals surface area contributed by atoms with E-state index in [1.54, 1.807) is 0 Å². The fraction of sp³-hybridized carbons (Fsp3) is 0.450. The number of nitrogens with zero attached hydrogens (tertiary/aromatic N) is 5. The minimum atomic E-state index is 0. The number of hydrogen-bond acceptors (Lipinski definition) is 4. The molecule has 0 radical (unpaired) electrons. The molecule has 0 bridgehead atoms. The van der Waals surface area contributed by atoms with Crippen LogP contribution in [0.1, 0.15) is 39.8 Å². The number of thiazole rings is 1. The molecule has 150 valence electrons. The molecule has 0 amide bonds. The van der Waals surface area contributed by atoms with Crippen LogP contribution < -0.4 is 5.32 Å². The van der Waals surface area contributed by atoms with Gasteiger partial charge in [0, 0.05) is 30.9 Å². The van der Waals surface area contributed by atoms with Gasteiger partial charge in [-0.05, 0) is 44.7 Å². The van der Waals surface area contributed by atoms with Crippen LogP contribution in [0.5, 0.6) is 0 Å². The molecule has 0 atom stereocenters. The van der Waals surface area contributed by atoms with Crippen molar-refractivity contribution in [3.05, 3.63) is 51.4 Å². The average molecular weight is 510 g/mol. The zero-order valence-electron chi connectivity index (χ0n) is 16.6. The summed E-state index contributed by atoms with van der Waals surface area (Å²) in [5.74, 6) is 0.858. The zero-order valence-corrected chi connectivity index (χ0v) is 19.8. The molecule has 1 N–H and O–H groups in total. The molecular formula is C20H27IN6S. The van der Waals surface area contributed by atoms with Crippen LogP contribution in [0.25, 0.3) is 5.65 Å². The lowest BCUT2D eigenvalue weighted by Crippen LogP contribution is -2.38. The predicted molar refractivity (Wildman–Crippen MR) is 126 cm³/mol. The van der Waals surface area contributed by atoms with E-state index in [4.69, 9.17) is 4.98 Å². The third-order valence-corrected chi connectivity index (χ3v) is 6.15. The second kappa shape index (κ2) is 9.21. The third-order valence-electron chi connectivity index (χ3n) is 5.01. The highest BCUT2D eigenvalue weighted by atomic mass is 127. The number of aromatic nitrogens is 3. The summed E-state index contributed by atoms with van der Waals surface area (Å²) in [7, 11) is 3.88. The number of hydrogen-bond donors (Lipinski definition) is 1. The van der Waals surface area contributed by atoms with Crippen molar-refractivity contribution in [3.8, 4) is 0 Å². The van der Waals surface area contributed by atoms with Crippen molar-refractivity contribution >= 4 is 46.9 Å². The van der Waals surface area contributed by atoms with Crippen LogP contribution in [0.4, 0.5) is 0 Å². The Morgan fingerprint density at radius 2 is 2.11 bits per heavy atom. The summed E-state index contributed by atoms with van der Waals surface area (Å²) in [6.45, 7) is 3.51. The summed E-state index contributed by atoms with van der Waals surface area (Å²) in [6, 6.07) is 6.16. The summed E-state index contributed by atoms with van der Waals surface area (Å²) < 4.78 is 2.11. The minimum Gasteiger partial charge on any atom is -0.351 e. The molecule has 3 aromatic heterocycles. The fourth-order valence-electron chi connectivity index (χ4n) is 3.59. The highest BCUT2D eigenvalue weighted by Gasteiger charge is 2.17. The molecule has 0 aromatic carbocycles. The quantitative estimate of drug-likeness (QED) is 0.330. The second-order valence-electron chi connectivity index (χ2n) is 7.07. The summed E-state index contributed by atoms with van der Waals surface area (Å²) >= 11 is 1.86. The van der Waals surface area contributed by atoms with E-state index in [0.717, 1.165) is 30.3 Å². The van der Waals surface area contributed by atoms with E-state index in [-0.39, 0.29) is 24.0 Å². The van der Waals surface area contributed by atoms with Crippen LogP contribution in [-0.4, -0.2) is 39.3 Å². The molecule has 0 unspecified atom stereocenters. The summed E-state index contributed by atoms with van der Waals surface area (Å²) in [4.78, 5) is 17.6. The van der Waals surface area contributed by atoms with Crippen LogP contribution in [0.3, 0.4) is 0 Å². The van der Waals surface area contributed by atoms with Crippen LogP contribution >= 0.6 is 35.3 Å². The number of halogens is 1. The molecule has 1 aliphatic rings. The Labute approximate surface area is 187 Å². The molecule has 3 heterocycles. The monoisotopic (exact) mass is 510 g/mol. The van der Waals surface area contributed by atoms with Crippen LogP contribution in [0.15, 0.2) is 29.4 Å². The molecule has 0 spiro atoms. The molecular weight excluding hydrogens is 483 g/mol. The Balaban J connectivity index is 0.00000225.